The Kier molecular flexibility index (Phi) is 6.67. The summed E-state index contributed by atoms with van der Waals surface area (Å²) >= 11 is 0. The third-order valence-corrected chi connectivity index (χ3v) is 5.60. The van der Waals surface area contributed by atoms with Gasteiger partial charge in [-0.15, -0.1) is 0 Å². The van der Waals surface area contributed by atoms with Crippen molar-refractivity contribution in [2.75, 3.05) is 26.9 Å². The van der Waals surface area contributed by atoms with E-state index in [9.17, 15) is 4.79 Å². The summed E-state index contributed by atoms with van der Waals surface area (Å²) in [6, 6.07) is 17.9. The van der Waals surface area contributed by atoms with Gasteiger partial charge in [-0.3, -0.25) is 9.89 Å². The third kappa shape index (κ3) is 4.35. The van der Waals surface area contributed by atoms with Crippen molar-refractivity contribution in [1.82, 2.24) is 15.1 Å². The van der Waals surface area contributed by atoms with E-state index in [4.69, 9.17) is 9.47 Å². The van der Waals surface area contributed by atoms with Crippen molar-refractivity contribution < 1.29 is 14.3 Å². The monoisotopic (exact) mass is 419 g/mol. The second-order valence-electron chi connectivity index (χ2n) is 7.75. The number of nitrogens with zero attached hydrogens (tertiary/aromatic N) is 2. The van der Waals surface area contributed by atoms with E-state index in [1.807, 2.05) is 53.4 Å². The number of H-pyrrole nitrogens is 1. The minimum atomic E-state index is -0.219. The van der Waals surface area contributed by atoms with Gasteiger partial charge in [0, 0.05) is 31.4 Å². The van der Waals surface area contributed by atoms with E-state index in [0.29, 0.717) is 25.5 Å². The molecule has 2 aromatic carbocycles. The number of aromatic nitrogens is 2. The summed E-state index contributed by atoms with van der Waals surface area (Å²) in [5.41, 5.74) is 4.34. The molecular formula is C25H29N3O3. The molecule has 0 fully saturated rings. The van der Waals surface area contributed by atoms with Gasteiger partial charge in [0.15, 0.2) is 0 Å². The quantitative estimate of drug-likeness (QED) is 0.478. The molecule has 162 valence electrons. The van der Waals surface area contributed by atoms with E-state index in [-0.39, 0.29) is 11.9 Å². The summed E-state index contributed by atoms with van der Waals surface area (Å²) < 4.78 is 11.2. The van der Waals surface area contributed by atoms with Crippen LogP contribution in [0.2, 0.25) is 0 Å². The van der Waals surface area contributed by atoms with Crippen LogP contribution >= 0.6 is 0 Å². The maximum Gasteiger partial charge on any atom is 0.273 e. The number of amides is 1. The number of carbonyl (C=O) groups excluding carboxylic acids is 1. The van der Waals surface area contributed by atoms with Gasteiger partial charge in [0.05, 0.1) is 18.3 Å². The number of hydrogen-bond donors (Lipinski definition) is 1. The Morgan fingerprint density at radius 3 is 2.68 bits per heavy atom. The molecule has 0 spiro atoms. The molecule has 0 radical (unpaired) electrons. The number of carbonyl (C=O) groups is 1. The maximum absolute atomic E-state index is 13.3. The van der Waals surface area contributed by atoms with Crippen molar-refractivity contribution in [3.8, 4) is 17.0 Å². The van der Waals surface area contributed by atoms with Gasteiger partial charge in [0.2, 0.25) is 0 Å². The highest BCUT2D eigenvalue weighted by Gasteiger charge is 2.41. The summed E-state index contributed by atoms with van der Waals surface area (Å²) in [6.07, 6.45) is 2.87. The van der Waals surface area contributed by atoms with Crippen LogP contribution in [0.1, 0.15) is 53.8 Å². The molecule has 1 unspecified atom stereocenters. The zero-order valence-electron chi connectivity index (χ0n) is 18.1. The highest BCUT2D eigenvalue weighted by atomic mass is 16.5. The molecule has 4 rings (SSSR count). The van der Waals surface area contributed by atoms with Crippen molar-refractivity contribution in [3.05, 3.63) is 71.4 Å². The summed E-state index contributed by atoms with van der Waals surface area (Å²) in [6.45, 7) is 4.05. The van der Waals surface area contributed by atoms with E-state index in [2.05, 4.69) is 23.2 Å². The van der Waals surface area contributed by atoms with Gasteiger partial charge in [0.25, 0.3) is 5.91 Å². The van der Waals surface area contributed by atoms with Gasteiger partial charge in [-0.05, 0) is 30.5 Å². The fourth-order valence-electron chi connectivity index (χ4n) is 4.08. The Hall–Kier alpha value is -3.12. The molecule has 2 heterocycles. The predicted octanol–water partition coefficient (Wildman–Crippen LogP) is 4.84. The fourth-order valence-corrected chi connectivity index (χ4v) is 4.08. The molecule has 1 atom stereocenters. The van der Waals surface area contributed by atoms with Crippen LogP contribution in [-0.4, -0.2) is 47.9 Å². The molecule has 6 heteroatoms. The lowest BCUT2D eigenvalue weighted by Gasteiger charge is -2.26. The topological polar surface area (TPSA) is 67.5 Å². The van der Waals surface area contributed by atoms with Crippen LogP contribution in [0.25, 0.3) is 11.3 Å². The summed E-state index contributed by atoms with van der Waals surface area (Å²) in [5.74, 6) is 0.802. The van der Waals surface area contributed by atoms with Crippen LogP contribution in [-0.2, 0) is 4.74 Å². The first-order chi connectivity index (χ1) is 15.2. The molecule has 1 aliphatic rings. The van der Waals surface area contributed by atoms with Crippen molar-refractivity contribution in [2.24, 2.45) is 0 Å². The first-order valence-corrected chi connectivity index (χ1v) is 10.9. The van der Waals surface area contributed by atoms with Crippen LogP contribution < -0.4 is 4.74 Å². The van der Waals surface area contributed by atoms with Gasteiger partial charge in [0.1, 0.15) is 11.4 Å². The molecule has 0 aliphatic carbocycles. The third-order valence-electron chi connectivity index (χ3n) is 5.60. The summed E-state index contributed by atoms with van der Waals surface area (Å²) in [4.78, 5) is 15.2. The van der Waals surface area contributed by atoms with Crippen LogP contribution in [0.4, 0.5) is 0 Å². The van der Waals surface area contributed by atoms with E-state index < -0.39 is 0 Å². The number of benzene rings is 2. The van der Waals surface area contributed by atoms with Crippen LogP contribution in [0, 0.1) is 0 Å². The smallest absolute Gasteiger partial charge is 0.273 e. The number of hydrogen-bond acceptors (Lipinski definition) is 4. The zero-order valence-corrected chi connectivity index (χ0v) is 18.1. The Bertz CT molecular complexity index is 1020. The Labute approximate surface area is 183 Å². The number of ether oxygens (including phenoxy) is 2. The molecule has 1 amide bonds. The van der Waals surface area contributed by atoms with Gasteiger partial charge in [-0.1, -0.05) is 55.8 Å². The van der Waals surface area contributed by atoms with Gasteiger partial charge in [-0.25, -0.2) is 0 Å². The minimum Gasteiger partial charge on any atom is -0.494 e. The van der Waals surface area contributed by atoms with E-state index in [1.54, 1.807) is 7.11 Å². The number of methoxy groups -OCH3 is 1. The fraction of sp³-hybridized carbons (Fsp3) is 0.360. The van der Waals surface area contributed by atoms with E-state index >= 15 is 0 Å². The second kappa shape index (κ2) is 9.79. The molecule has 6 nitrogen and oxygen atoms in total. The van der Waals surface area contributed by atoms with Crippen molar-refractivity contribution >= 4 is 5.91 Å². The lowest BCUT2D eigenvalue weighted by molar-refractivity contribution is 0.0723. The van der Waals surface area contributed by atoms with Crippen molar-refractivity contribution in [1.29, 1.82) is 0 Å². The molecule has 1 aromatic heterocycles. The van der Waals surface area contributed by atoms with Crippen LogP contribution in [0.15, 0.2) is 54.6 Å². The maximum atomic E-state index is 13.3. The number of nitrogens with one attached hydrogen (secondary N) is 1. The SMILES string of the molecule is CCCCOc1cccc(C2c3c(-c4ccccc4)n[nH]c3C(=O)N2CCCOC)c1. The lowest BCUT2D eigenvalue weighted by Crippen LogP contribution is -2.31. The lowest BCUT2D eigenvalue weighted by atomic mass is 9.96. The zero-order chi connectivity index (χ0) is 21.6. The summed E-state index contributed by atoms with van der Waals surface area (Å²) in [7, 11) is 1.68. The molecule has 0 bridgehead atoms. The first-order valence-electron chi connectivity index (χ1n) is 10.9. The number of rotatable bonds is 10. The Morgan fingerprint density at radius 2 is 1.90 bits per heavy atom. The van der Waals surface area contributed by atoms with Gasteiger partial charge < -0.3 is 14.4 Å². The number of unbranched alkanes of at least 4 members (excludes halogenated alkanes) is 1. The number of aromatic amines is 1. The molecule has 0 saturated carbocycles. The predicted molar refractivity (Wildman–Crippen MR) is 120 cm³/mol. The van der Waals surface area contributed by atoms with Crippen LogP contribution in [0.5, 0.6) is 5.75 Å². The molecule has 31 heavy (non-hydrogen) atoms. The minimum absolute atomic E-state index is 0.0249. The Morgan fingerprint density at radius 1 is 1.06 bits per heavy atom. The normalized spacial score (nSPS) is 15.4. The van der Waals surface area contributed by atoms with Gasteiger partial charge in [-0.2, -0.15) is 5.10 Å². The molecule has 1 aliphatic heterocycles. The van der Waals surface area contributed by atoms with Crippen molar-refractivity contribution in [2.45, 2.75) is 32.2 Å². The molecular weight excluding hydrogens is 390 g/mol. The second-order valence-corrected chi connectivity index (χ2v) is 7.75. The highest BCUT2D eigenvalue weighted by Crippen LogP contribution is 2.43. The largest absolute Gasteiger partial charge is 0.494 e. The molecule has 1 N–H and O–H groups in total. The number of fused-ring (bicyclic) bond motifs is 1. The van der Waals surface area contributed by atoms with Crippen LogP contribution in [0.3, 0.4) is 0 Å². The van der Waals surface area contributed by atoms with E-state index in [0.717, 1.165) is 47.4 Å². The average molecular weight is 420 g/mol. The molecule has 0 saturated heterocycles. The highest BCUT2D eigenvalue weighted by molar-refractivity contribution is 6.00. The Balaban J connectivity index is 1.74. The molecule has 3 aromatic rings. The average Bonchev–Trinajstić information content (AvgIpc) is 3.34. The van der Waals surface area contributed by atoms with Gasteiger partial charge >= 0.3 is 0 Å². The standard InChI is InChI=1S/C25H29N3O3/c1-3-4-16-31-20-13-8-12-19(17-20)24-21-22(18-10-6-5-7-11-18)26-27-23(21)25(29)28(24)14-9-15-30-2/h5-8,10-13,17,24H,3-4,9,14-16H2,1-2H3,(H,26,27). The van der Waals surface area contributed by atoms with Crippen molar-refractivity contribution in [3.63, 3.8) is 0 Å². The van der Waals surface area contributed by atoms with E-state index in [1.165, 1.54) is 0 Å². The summed E-state index contributed by atoms with van der Waals surface area (Å²) in [5, 5.41) is 7.53. The first kappa shape index (κ1) is 21.1.